The average Bonchev–Trinajstić information content (AvgIpc) is 2.55. The number of hydrogen-bond donors (Lipinski definition) is 1. The van der Waals surface area contributed by atoms with Crippen LogP contribution in [0.15, 0.2) is 18.2 Å². The molecular weight excluding hydrogens is 437 g/mol. The Hall–Kier alpha value is -1.14. The molecule has 7 heteroatoms. The maximum Gasteiger partial charge on any atom is 0.312 e. The molecule has 27 heavy (non-hydrogen) atoms. The van der Waals surface area contributed by atoms with Gasteiger partial charge in [0.15, 0.2) is 6.10 Å². The van der Waals surface area contributed by atoms with Gasteiger partial charge in [-0.25, -0.2) is 4.39 Å². The van der Waals surface area contributed by atoms with Crippen molar-refractivity contribution < 1.29 is 18.7 Å². The third-order valence-electron chi connectivity index (χ3n) is 6.26. The molecule has 0 radical (unpaired) electrons. The lowest BCUT2D eigenvalue weighted by molar-refractivity contribution is -0.175. The van der Waals surface area contributed by atoms with Crippen LogP contribution in [0.4, 0.5) is 10.1 Å². The Bertz CT molecular complexity index is 787. The molecule has 4 bridgehead atoms. The fourth-order valence-electron chi connectivity index (χ4n) is 5.55. The van der Waals surface area contributed by atoms with Crippen molar-refractivity contribution in [3.63, 3.8) is 0 Å². The van der Waals surface area contributed by atoms with Gasteiger partial charge in [-0.05, 0) is 75.5 Å². The van der Waals surface area contributed by atoms with Gasteiger partial charge in [-0.2, -0.15) is 0 Å². The van der Waals surface area contributed by atoms with Crippen molar-refractivity contribution in [2.75, 3.05) is 5.32 Å². The van der Waals surface area contributed by atoms with E-state index in [1.807, 2.05) is 0 Å². The molecule has 1 N–H and O–H groups in total. The molecule has 5 rings (SSSR count). The van der Waals surface area contributed by atoms with E-state index in [1.165, 1.54) is 18.6 Å². The predicted octanol–water partition coefficient (Wildman–Crippen LogP) is 5.08. The number of amides is 1. The number of hydrogen-bond acceptors (Lipinski definition) is 3. The van der Waals surface area contributed by atoms with Crippen LogP contribution in [0.1, 0.15) is 45.4 Å². The van der Waals surface area contributed by atoms with Crippen molar-refractivity contribution >= 4 is 45.1 Å². The molecule has 0 spiro atoms. The van der Waals surface area contributed by atoms with Crippen LogP contribution >= 0.6 is 27.5 Å². The summed E-state index contributed by atoms with van der Waals surface area (Å²) in [6.45, 7) is 1.55. The summed E-state index contributed by atoms with van der Waals surface area (Å²) >= 11 is 9.82. The Morgan fingerprint density at radius 1 is 1.30 bits per heavy atom. The number of nitrogens with one attached hydrogen (secondary N) is 1. The minimum absolute atomic E-state index is 0.0449. The van der Waals surface area contributed by atoms with Gasteiger partial charge >= 0.3 is 5.97 Å². The first kappa shape index (κ1) is 19.2. The molecule has 4 saturated carbocycles. The van der Waals surface area contributed by atoms with Crippen LogP contribution in [0.25, 0.3) is 0 Å². The summed E-state index contributed by atoms with van der Waals surface area (Å²) < 4.78 is 18.8. The van der Waals surface area contributed by atoms with Crippen LogP contribution in [0.2, 0.25) is 5.02 Å². The summed E-state index contributed by atoms with van der Waals surface area (Å²) in [4.78, 5) is 25.4. The number of anilines is 1. The van der Waals surface area contributed by atoms with Crippen molar-refractivity contribution in [2.24, 2.45) is 17.3 Å². The molecule has 4 fully saturated rings. The van der Waals surface area contributed by atoms with E-state index in [2.05, 4.69) is 21.2 Å². The number of benzene rings is 1. The van der Waals surface area contributed by atoms with Gasteiger partial charge in [0.25, 0.3) is 5.91 Å². The fraction of sp³-hybridized carbons (Fsp3) is 0.600. The molecule has 0 aliphatic heterocycles. The second-order valence-corrected chi connectivity index (χ2v) is 10.6. The van der Waals surface area contributed by atoms with Gasteiger partial charge in [0.05, 0.1) is 16.1 Å². The SMILES string of the molecule is CC(OC(=O)C12CC3CC(CC(Br)(C3)C1)C2)C(=O)Nc1ccc(F)cc1Cl. The van der Waals surface area contributed by atoms with E-state index in [1.54, 1.807) is 6.92 Å². The Morgan fingerprint density at radius 3 is 2.56 bits per heavy atom. The van der Waals surface area contributed by atoms with E-state index in [0.29, 0.717) is 17.5 Å². The normalized spacial score (nSPS) is 35.0. The fourth-order valence-corrected chi connectivity index (χ4v) is 7.22. The molecule has 146 valence electrons. The van der Waals surface area contributed by atoms with Gasteiger partial charge in [0, 0.05) is 4.32 Å². The zero-order valence-corrected chi connectivity index (χ0v) is 17.4. The topological polar surface area (TPSA) is 55.4 Å². The van der Waals surface area contributed by atoms with Crippen LogP contribution < -0.4 is 5.32 Å². The molecule has 1 aromatic rings. The van der Waals surface area contributed by atoms with Crippen LogP contribution in [0.3, 0.4) is 0 Å². The number of halogens is 3. The first-order chi connectivity index (χ1) is 12.7. The highest BCUT2D eigenvalue weighted by Crippen LogP contribution is 2.64. The van der Waals surface area contributed by atoms with Gasteiger partial charge in [-0.15, -0.1) is 0 Å². The minimum atomic E-state index is -0.946. The van der Waals surface area contributed by atoms with Crippen LogP contribution in [0.5, 0.6) is 0 Å². The van der Waals surface area contributed by atoms with E-state index in [4.69, 9.17) is 16.3 Å². The molecule has 0 aromatic heterocycles. The number of alkyl halides is 1. The summed E-state index contributed by atoms with van der Waals surface area (Å²) in [5, 5.41) is 2.70. The smallest absolute Gasteiger partial charge is 0.312 e. The number of carbonyl (C=O) groups is 2. The molecule has 0 saturated heterocycles. The van der Waals surface area contributed by atoms with E-state index in [-0.39, 0.29) is 15.3 Å². The Labute approximate surface area is 171 Å². The first-order valence-electron chi connectivity index (χ1n) is 9.34. The summed E-state index contributed by atoms with van der Waals surface area (Å²) in [7, 11) is 0. The monoisotopic (exact) mass is 457 g/mol. The van der Waals surface area contributed by atoms with E-state index >= 15 is 0 Å². The number of rotatable bonds is 4. The van der Waals surface area contributed by atoms with Crippen molar-refractivity contribution in [1.82, 2.24) is 0 Å². The summed E-state index contributed by atoms with van der Waals surface area (Å²) in [6, 6.07) is 3.72. The minimum Gasteiger partial charge on any atom is -0.452 e. The molecule has 3 atom stereocenters. The molecule has 1 aromatic carbocycles. The third-order valence-corrected chi connectivity index (χ3v) is 7.51. The predicted molar refractivity (Wildman–Crippen MR) is 104 cm³/mol. The number of ether oxygens (including phenoxy) is 1. The second kappa shape index (κ2) is 6.73. The van der Waals surface area contributed by atoms with Crippen LogP contribution in [-0.2, 0) is 14.3 Å². The number of esters is 1. The average molecular weight is 459 g/mol. The van der Waals surface area contributed by atoms with Gasteiger partial charge < -0.3 is 10.1 Å². The first-order valence-corrected chi connectivity index (χ1v) is 10.5. The lowest BCUT2D eigenvalue weighted by atomic mass is 9.49. The zero-order chi connectivity index (χ0) is 19.4. The van der Waals surface area contributed by atoms with Crippen molar-refractivity contribution in [1.29, 1.82) is 0 Å². The van der Waals surface area contributed by atoms with Crippen molar-refractivity contribution in [3.05, 3.63) is 29.0 Å². The van der Waals surface area contributed by atoms with Crippen molar-refractivity contribution in [3.8, 4) is 0 Å². The Balaban J connectivity index is 1.42. The van der Waals surface area contributed by atoms with Gasteiger partial charge in [-0.1, -0.05) is 27.5 Å². The second-order valence-electron chi connectivity index (χ2n) is 8.55. The van der Waals surface area contributed by atoms with Gasteiger partial charge in [0.2, 0.25) is 0 Å². The molecule has 3 unspecified atom stereocenters. The van der Waals surface area contributed by atoms with Gasteiger partial charge in [-0.3, -0.25) is 9.59 Å². The standard InChI is InChI=1S/C20H22BrClFNO3/c1-11(17(25)24-16-3-2-14(23)5-15(16)22)27-18(26)19-6-12-4-13(7-19)9-20(21,8-12)10-19/h2-3,5,11-13H,4,6-10H2,1H3,(H,24,25). The Morgan fingerprint density at radius 2 is 1.96 bits per heavy atom. The highest BCUT2D eigenvalue weighted by molar-refractivity contribution is 9.10. The largest absolute Gasteiger partial charge is 0.452 e. The molecule has 0 heterocycles. The zero-order valence-electron chi connectivity index (χ0n) is 15.1. The highest BCUT2D eigenvalue weighted by atomic mass is 79.9. The third kappa shape index (κ3) is 3.63. The quantitative estimate of drug-likeness (QED) is 0.505. The lowest BCUT2D eigenvalue weighted by Crippen LogP contribution is -2.56. The van der Waals surface area contributed by atoms with Crippen LogP contribution in [0, 0.1) is 23.1 Å². The molecule has 4 aliphatic rings. The molecule has 4 aliphatic carbocycles. The molecular formula is C20H22BrClFNO3. The summed E-state index contributed by atoms with van der Waals surface area (Å²) in [6.07, 6.45) is 4.99. The number of carbonyl (C=O) groups excluding carboxylic acids is 2. The van der Waals surface area contributed by atoms with E-state index in [9.17, 15) is 14.0 Å². The molecule has 4 nitrogen and oxygen atoms in total. The molecule has 1 amide bonds. The summed E-state index contributed by atoms with van der Waals surface area (Å²) in [5.74, 6) is -0.118. The maximum absolute atomic E-state index is 13.1. The van der Waals surface area contributed by atoms with E-state index in [0.717, 1.165) is 38.2 Å². The maximum atomic E-state index is 13.1. The highest BCUT2D eigenvalue weighted by Gasteiger charge is 2.60. The van der Waals surface area contributed by atoms with Crippen molar-refractivity contribution in [2.45, 2.75) is 55.9 Å². The Kier molecular flexibility index (Phi) is 4.78. The lowest BCUT2D eigenvalue weighted by Gasteiger charge is -2.58. The summed E-state index contributed by atoms with van der Waals surface area (Å²) in [5.41, 5.74) is -0.185. The van der Waals surface area contributed by atoms with Crippen LogP contribution in [-0.4, -0.2) is 22.3 Å². The van der Waals surface area contributed by atoms with Gasteiger partial charge in [0.1, 0.15) is 5.82 Å². The van der Waals surface area contributed by atoms with E-state index < -0.39 is 23.2 Å².